The molecule has 1 amide bonds. The first-order valence-corrected chi connectivity index (χ1v) is 12.4. The molecule has 3 aromatic carbocycles. The third-order valence-corrected chi connectivity index (χ3v) is 6.82. The third-order valence-electron chi connectivity index (χ3n) is 6.82. The van der Waals surface area contributed by atoms with Gasteiger partial charge in [-0.2, -0.15) is 5.10 Å². The van der Waals surface area contributed by atoms with Crippen LogP contribution in [0.5, 0.6) is 17.2 Å². The summed E-state index contributed by atoms with van der Waals surface area (Å²) in [5.41, 5.74) is 4.27. The number of ether oxygens (including phenoxy) is 3. The van der Waals surface area contributed by atoms with Gasteiger partial charge in [0.25, 0.3) is 5.91 Å². The maximum Gasteiger partial charge on any atom is 0.272 e. The molecular formula is C29H28N4O4. The molecule has 3 heterocycles. The van der Waals surface area contributed by atoms with Crippen LogP contribution in [0.4, 0.5) is 0 Å². The van der Waals surface area contributed by atoms with Crippen LogP contribution >= 0.6 is 0 Å². The Morgan fingerprint density at radius 1 is 0.892 bits per heavy atom. The van der Waals surface area contributed by atoms with E-state index in [0.717, 1.165) is 53.8 Å². The third kappa shape index (κ3) is 4.75. The van der Waals surface area contributed by atoms with Crippen molar-refractivity contribution in [3.05, 3.63) is 90.1 Å². The first-order chi connectivity index (χ1) is 18.2. The van der Waals surface area contributed by atoms with Gasteiger partial charge in [-0.15, -0.1) is 0 Å². The summed E-state index contributed by atoms with van der Waals surface area (Å²) in [4.78, 5) is 18.0. The van der Waals surface area contributed by atoms with Crippen molar-refractivity contribution in [1.82, 2.24) is 19.6 Å². The number of carbonyl (C=O) groups is 1. The first kappa shape index (κ1) is 23.1. The van der Waals surface area contributed by atoms with Gasteiger partial charge in [-0.05, 0) is 48.0 Å². The molecule has 2 aliphatic heterocycles. The van der Waals surface area contributed by atoms with Gasteiger partial charge in [0.05, 0.1) is 18.5 Å². The summed E-state index contributed by atoms with van der Waals surface area (Å²) in [6.45, 7) is 3.97. The number of piperazine rings is 1. The molecule has 1 saturated heterocycles. The van der Waals surface area contributed by atoms with E-state index in [-0.39, 0.29) is 12.7 Å². The fourth-order valence-corrected chi connectivity index (χ4v) is 4.77. The number of carbonyl (C=O) groups excluding carboxylic acids is 1. The summed E-state index contributed by atoms with van der Waals surface area (Å²) < 4.78 is 18.0. The number of aromatic nitrogens is 2. The molecule has 0 atom stereocenters. The standard InChI is InChI=1S/C29H28N4O4/c1-35-24-10-8-23(9-11-24)33-26(18-25(30-33)22-5-3-2-4-6-22)29(34)32-15-13-31(14-16-32)19-21-7-12-27-28(17-21)37-20-36-27/h2-12,17-18H,13-16,19-20H2,1H3. The molecule has 0 radical (unpaired) electrons. The highest BCUT2D eigenvalue weighted by molar-refractivity contribution is 5.94. The van der Waals surface area contributed by atoms with Crippen LogP contribution in [0.25, 0.3) is 16.9 Å². The predicted molar refractivity (Wildman–Crippen MR) is 139 cm³/mol. The highest BCUT2D eigenvalue weighted by atomic mass is 16.7. The fraction of sp³-hybridized carbons (Fsp3) is 0.241. The molecule has 0 aliphatic carbocycles. The molecule has 1 fully saturated rings. The average Bonchev–Trinajstić information content (AvgIpc) is 3.61. The average molecular weight is 497 g/mol. The van der Waals surface area contributed by atoms with E-state index in [9.17, 15) is 4.79 Å². The summed E-state index contributed by atoms with van der Waals surface area (Å²) in [5.74, 6) is 2.33. The Labute approximate surface area is 215 Å². The van der Waals surface area contributed by atoms with Gasteiger partial charge < -0.3 is 19.1 Å². The summed E-state index contributed by atoms with van der Waals surface area (Å²) in [7, 11) is 1.64. The van der Waals surface area contributed by atoms with E-state index >= 15 is 0 Å². The van der Waals surface area contributed by atoms with Crippen molar-refractivity contribution in [2.45, 2.75) is 6.54 Å². The lowest BCUT2D eigenvalue weighted by Crippen LogP contribution is -2.48. The Bertz CT molecular complexity index is 1390. The Hall–Kier alpha value is -4.30. The van der Waals surface area contributed by atoms with Crippen LogP contribution in [0.1, 0.15) is 16.1 Å². The maximum absolute atomic E-state index is 13.7. The number of methoxy groups -OCH3 is 1. The number of fused-ring (bicyclic) bond motifs is 1. The normalized spacial score (nSPS) is 15.1. The lowest BCUT2D eigenvalue weighted by Gasteiger charge is -2.34. The molecule has 0 spiro atoms. The Morgan fingerprint density at radius 3 is 2.41 bits per heavy atom. The first-order valence-electron chi connectivity index (χ1n) is 12.4. The molecule has 0 unspecified atom stereocenters. The summed E-state index contributed by atoms with van der Waals surface area (Å²) in [5, 5.41) is 4.82. The zero-order chi connectivity index (χ0) is 25.2. The molecule has 188 valence electrons. The summed E-state index contributed by atoms with van der Waals surface area (Å²) in [6, 6.07) is 25.5. The Balaban J connectivity index is 1.20. The quantitative estimate of drug-likeness (QED) is 0.398. The van der Waals surface area contributed by atoms with Crippen LogP contribution in [0.2, 0.25) is 0 Å². The van der Waals surface area contributed by atoms with Gasteiger partial charge >= 0.3 is 0 Å². The van der Waals surface area contributed by atoms with Crippen molar-refractivity contribution in [3.63, 3.8) is 0 Å². The van der Waals surface area contributed by atoms with Gasteiger partial charge in [-0.1, -0.05) is 36.4 Å². The number of benzene rings is 3. The van der Waals surface area contributed by atoms with E-state index in [1.165, 1.54) is 5.56 Å². The van der Waals surface area contributed by atoms with Gasteiger partial charge in [0.2, 0.25) is 6.79 Å². The molecule has 4 aromatic rings. The van der Waals surface area contributed by atoms with E-state index in [4.69, 9.17) is 19.3 Å². The second kappa shape index (κ2) is 9.99. The SMILES string of the molecule is COc1ccc(-n2nc(-c3ccccc3)cc2C(=O)N2CCN(Cc3ccc4c(c3)OCO4)CC2)cc1. The van der Waals surface area contributed by atoms with Crippen LogP contribution in [0.3, 0.4) is 0 Å². The maximum atomic E-state index is 13.7. The second-order valence-corrected chi connectivity index (χ2v) is 9.15. The van der Waals surface area contributed by atoms with E-state index < -0.39 is 0 Å². The molecule has 37 heavy (non-hydrogen) atoms. The number of hydrogen-bond donors (Lipinski definition) is 0. The predicted octanol–water partition coefficient (Wildman–Crippen LogP) is 4.23. The highest BCUT2D eigenvalue weighted by Crippen LogP contribution is 2.33. The molecule has 0 bridgehead atoms. The second-order valence-electron chi connectivity index (χ2n) is 9.15. The van der Waals surface area contributed by atoms with Crippen molar-refractivity contribution < 1.29 is 19.0 Å². The van der Waals surface area contributed by atoms with E-state index in [0.29, 0.717) is 18.8 Å². The minimum atomic E-state index is -0.0202. The van der Waals surface area contributed by atoms with Gasteiger partial charge in [0.1, 0.15) is 11.4 Å². The van der Waals surface area contributed by atoms with Gasteiger partial charge in [-0.3, -0.25) is 9.69 Å². The molecule has 6 rings (SSSR count). The summed E-state index contributed by atoms with van der Waals surface area (Å²) >= 11 is 0. The van der Waals surface area contributed by atoms with Crippen molar-refractivity contribution in [3.8, 4) is 34.2 Å². The molecule has 0 saturated carbocycles. The van der Waals surface area contributed by atoms with Crippen LogP contribution < -0.4 is 14.2 Å². The van der Waals surface area contributed by atoms with Gasteiger partial charge in [0.15, 0.2) is 11.5 Å². The van der Waals surface area contributed by atoms with Crippen molar-refractivity contribution >= 4 is 5.91 Å². The van der Waals surface area contributed by atoms with Crippen LogP contribution in [0, 0.1) is 0 Å². The zero-order valence-corrected chi connectivity index (χ0v) is 20.7. The minimum absolute atomic E-state index is 0.0202. The van der Waals surface area contributed by atoms with E-state index in [1.807, 2.05) is 77.7 Å². The van der Waals surface area contributed by atoms with E-state index in [2.05, 4.69) is 11.0 Å². The van der Waals surface area contributed by atoms with Crippen LogP contribution in [-0.4, -0.2) is 65.6 Å². The van der Waals surface area contributed by atoms with Crippen LogP contribution in [-0.2, 0) is 6.54 Å². The lowest BCUT2D eigenvalue weighted by molar-refractivity contribution is 0.0619. The number of nitrogens with zero attached hydrogens (tertiary/aromatic N) is 4. The van der Waals surface area contributed by atoms with Gasteiger partial charge in [0, 0.05) is 38.3 Å². The monoisotopic (exact) mass is 496 g/mol. The Kier molecular flexibility index (Phi) is 6.24. The number of hydrogen-bond acceptors (Lipinski definition) is 6. The summed E-state index contributed by atoms with van der Waals surface area (Å²) in [6.07, 6.45) is 0. The van der Waals surface area contributed by atoms with E-state index in [1.54, 1.807) is 11.8 Å². The van der Waals surface area contributed by atoms with Crippen molar-refractivity contribution in [2.75, 3.05) is 40.1 Å². The minimum Gasteiger partial charge on any atom is -0.497 e. The largest absolute Gasteiger partial charge is 0.497 e. The lowest BCUT2D eigenvalue weighted by atomic mass is 10.1. The highest BCUT2D eigenvalue weighted by Gasteiger charge is 2.27. The number of amides is 1. The molecule has 0 N–H and O–H groups in total. The topological polar surface area (TPSA) is 69.1 Å². The van der Waals surface area contributed by atoms with Crippen molar-refractivity contribution in [1.29, 1.82) is 0 Å². The molecule has 8 nitrogen and oxygen atoms in total. The Morgan fingerprint density at radius 2 is 1.65 bits per heavy atom. The smallest absolute Gasteiger partial charge is 0.272 e. The van der Waals surface area contributed by atoms with Gasteiger partial charge in [-0.25, -0.2) is 4.68 Å². The zero-order valence-electron chi connectivity index (χ0n) is 20.7. The molecular weight excluding hydrogens is 468 g/mol. The fourth-order valence-electron chi connectivity index (χ4n) is 4.77. The number of rotatable bonds is 6. The molecule has 2 aliphatic rings. The molecule has 8 heteroatoms. The van der Waals surface area contributed by atoms with Crippen LogP contribution in [0.15, 0.2) is 78.9 Å². The van der Waals surface area contributed by atoms with Crippen molar-refractivity contribution in [2.24, 2.45) is 0 Å². The molecule has 1 aromatic heterocycles.